The van der Waals surface area contributed by atoms with E-state index in [0.29, 0.717) is 4.88 Å². The van der Waals surface area contributed by atoms with Crippen molar-refractivity contribution in [2.75, 3.05) is 0 Å². The fourth-order valence-corrected chi connectivity index (χ4v) is 2.34. The lowest BCUT2D eigenvalue weighted by Gasteiger charge is -1.99. The Balaban J connectivity index is 2.14. The molecular formula is C13H9NO2S. The molecule has 2 rings (SSSR count). The zero-order chi connectivity index (χ0) is 12.3. The van der Waals surface area contributed by atoms with Crippen LogP contribution >= 0.6 is 11.3 Å². The van der Waals surface area contributed by atoms with Gasteiger partial charge in [0.05, 0.1) is 5.56 Å². The SMILES string of the molecule is N#Cc1ccc(Cc2ccc(C(=O)O)cc2)s1. The number of nitriles is 1. The quantitative estimate of drug-likeness (QED) is 0.901. The Bertz CT molecular complexity index is 578. The molecule has 0 aliphatic heterocycles. The summed E-state index contributed by atoms with van der Waals surface area (Å²) in [6.07, 6.45) is 0.728. The van der Waals surface area contributed by atoms with E-state index < -0.39 is 5.97 Å². The van der Waals surface area contributed by atoms with Crippen molar-refractivity contribution in [3.8, 4) is 6.07 Å². The average molecular weight is 243 g/mol. The van der Waals surface area contributed by atoms with Gasteiger partial charge < -0.3 is 5.11 Å². The van der Waals surface area contributed by atoms with Gasteiger partial charge in [-0.3, -0.25) is 0 Å². The second kappa shape index (κ2) is 4.81. The molecule has 0 saturated heterocycles. The van der Waals surface area contributed by atoms with Crippen molar-refractivity contribution in [1.29, 1.82) is 5.26 Å². The van der Waals surface area contributed by atoms with Crippen LogP contribution in [0.5, 0.6) is 0 Å². The van der Waals surface area contributed by atoms with Gasteiger partial charge in [-0.25, -0.2) is 4.79 Å². The normalized spacial score (nSPS) is 9.82. The summed E-state index contributed by atoms with van der Waals surface area (Å²) < 4.78 is 0. The first kappa shape index (κ1) is 11.4. The van der Waals surface area contributed by atoms with Crippen molar-refractivity contribution in [2.45, 2.75) is 6.42 Å². The number of hydrogen-bond acceptors (Lipinski definition) is 3. The molecule has 17 heavy (non-hydrogen) atoms. The zero-order valence-electron chi connectivity index (χ0n) is 8.88. The number of aromatic carboxylic acids is 1. The van der Waals surface area contributed by atoms with Crippen molar-refractivity contribution >= 4 is 17.3 Å². The molecule has 1 N–H and O–H groups in total. The third-order valence-electron chi connectivity index (χ3n) is 2.35. The topological polar surface area (TPSA) is 61.1 Å². The van der Waals surface area contributed by atoms with E-state index in [9.17, 15) is 4.79 Å². The van der Waals surface area contributed by atoms with E-state index in [2.05, 4.69) is 6.07 Å². The second-order valence-corrected chi connectivity index (χ2v) is 4.72. The van der Waals surface area contributed by atoms with Crippen LogP contribution in [0.25, 0.3) is 0 Å². The van der Waals surface area contributed by atoms with E-state index in [0.717, 1.165) is 16.9 Å². The van der Waals surface area contributed by atoms with Crippen molar-refractivity contribution in [2.24, 2.45) is 0 Å². The number of rotatable bonds is 3. The third-order valence-corrected chi connectivity index (χ3v) is 3.34. The highest BCUT2D eigenvalue weighted by Crippen LogP contribution is 2.19. The van der Waals surface area contributed by atoms with Gasteiger partial charge in [0, 0.05) is 11.3 Å². The summed E-state index contributed by atoms with van der Waals surface area (Å²) in [4.78, 5) is 12.5. The highest BCUT2D eigenvalue weighted by atomic mass is 32.1. The first-order chi connectivity index (χ1) is 8.19. The van der Waals surface area contributed by atoms with Gasteiger partial charge in [0.2, 0.25) is 0 Å². The van der Waals surface area contributed by atoms with Crippen molar-refractivity contribution in [3.63, 3.8) is 0 Å². The van der Waals surface area contributed by atoms with Gasteiger partial charge in [-0.05, 0) is 29.8 Å². The summed E-state index contributed by atoms with van der Waals surface area (Å²) in [5, 5.41) is 17.5. The monoisotopic (exact) mass is 243 g/mol. The van der Waals surface area contributed by atoms with Crippen LogP contribution in [0.4, 0.5) is 0 Å². The molecule has 0 aliphatic rings. The number of carbonyl (C=O) groups is 1. The van der Waals surface area contributed by atoms with Crippen molar-refractivity contribution in [3.05, 3.63) is 57.3 Å². The van der Waals surface area contributed by atoms with E-state index in [-0.39, 0.29) is 5.56 Å². The summed E-state index contributed by atoms with van der Waals surface area (Å²) in [5.41, 5.74) is 1.33. The molecule has 1 heterocycles. The Hall–Kier alpha value is -2.12. The Kier molecular flexibility index (Phi) is 3.22. The fourth-order valence-electron chi connectivity index (χ4n) is 1.50. The smallest absolute Gasteiger partial charge is 0.335 e. The lowest BCUT2D eigenvalue weighted by atomic mass is 10.1. The number of benzene rings is 1. The van der Waals surface area contributed by atoms with E-state index >= 15 is 0 Å². The largest absolute Gasteiger partial charge is 0.478 e. The molecule has 2 aromatic rings. The number of nitrogens with zero attached hydrogens (tertiary/aromatic N) is 1. The third kappa shape index (κ3) is 2.71. The minimum Gasteiger partial charge on any atom is -0.478 e. The summed E-state index contributed by atoms with van der Waals surface area (Å²) >= 11 is 1.46. The molecule has 84 valence electrons. The highest BCUT2D eigenvalue weighted by molar-refractivity contribution is 7.12. The molecule has 1 aromatic carbocycles. The van der Waals surface area contributed by atoms with Crippen LogP contribution in [0.15, 0.2) is 36.4 Å². The molecule has 0 unspecified atom stereocenters. The first-order valence-corrected chi connectivity index (χ1v) is 5.82. The molecule has 0 atom stereocenters. The molecule has 1 aromatic heterocycles. The predicted molar refractivity (Wildman–Crippen MR) is 65.2 cm³/mol. The van der Waals surface area contributed by atoms with Crippen LogP contribution in [-0.4, -0.2) is 11.1 Å². The maximum absolute atomic E-state index is 10.7. The summed E-state index contributed by atoms with van der Waals surface area (Å²) in [7, 11) is 0. The van der Waals surface area contributed by atoms with Crippen LogP contribution in [0.3, 0.4) is 0 Å². The number of carboxylic acid groups (broad SMARTS) is 1. The molecule has 0 saturated carbocycles. The fraction of sp³-hybridized carbons (Fsp3) is 0.0769. The molecule has 0 aliphatic carbocycles. The number of hydrogen-bond donors (Lipinski definition) is 1. The van der Waals surface area contributed by atoms with Crippen molar-refractivity contribution < 1.29 is 9.90 Å². The average Bonchev–Trinajstić information content (AvgIpc) is 2.77. The minimum absolute atomic E-state index is 0.289. The second-order valence-electron chi connectivity index (χ2n) is 3.56. The molecule has 3 nitrogen and oxygen atoms in total. The maximum atomic E-state index is 10.7. The molecular weight excluding hydrogens is 234 g/mol. The Morgan fingerprint density at radius 1 is 1.24 bits per heavy atom. The van der Waals surface area contributed by atoms with Crippen LogP contribution in [0.2, 0.25) is 0 Å². The summed E-state index contributed by atoms with van der Waals surface area (Å²) in [6.45, 7) is 0. The molecule has 0 bridgehead atoms. The van der Waals surface area contributed by atoms with Gasteiger partial charge in [0.25, 0.3) is 0 Å². The highest BCUT2D eigenvalue weighted by Gasteiger charge is 2.04. The number of thiophene rings is 1. The van der Waals surface area contributed by atoms with Crippen LogP contribution in [-0.2, 0) is 6.42 Å². The van der Waals surface area contributed by atoms with E-state index in [1.54, 1.807) is 30.3 Å². The van der Waals surface area contributed by atoms with Crippen LogP contribution in [0, 0.1) is 11.3 Å². The Morgan fingerprint density at radius 3 is 2.47 bits per heavy atom. The van der Waals surface area contributed by atoms with Crippen LogP contribution in [0.1, 0.15) is 25.7 Å². The minimum atomic E-state index is -0.917. The lowest BCUT2D eigenvalue weighted by molar-refractivity contribution is 0.0697. The Labute approximate surface area is 103 Å². The lowest BCUT2D eigenvalue weighted by Crippen LogP contribution is -1.96. The van der Waals surface area contributed by atoms with Gasteiger partial charge in [-0.1, -0.05) is 12.1 Å². The molecule has 0 amide bonds. The van der Waals surface area contributed by atoms with Gasteiger partial charge >= 0.3 is 5.97 Å². The zero-order valence-corrected chi connectivity index (χ0v) is 9.70. The van der Waals surface area contributed by atoms with E-state index in [1.807, 2.05) is 6.07 Å². The summed E-state index contributed by atoms with van der Waals surface area (Å²) in [5.74, 6) is -0.917. The summed E-state index contributed by atoms with van der Waals surface area (Å²) in [6, 6.07) is 12.6. The maximum Gasteiger partial charge on any atom is 0.335 e. The standard InChI is InChI=1S/C13H9NO2S/c14-8-12-6-5-11(17-12)7-9-1-3-10(4-2-9)13(15)16/h1-6H,7H2,(H,15,16). The van der Waals surface area contributed by atoms with Gasteiger partial charge in [0.1, 0.15) is 10.9 Å². The molecule has 0 spiro atoms. The molecule has 4 heteroatoms. The molecule has 0 radical (unpaired) electrons. The van der Waals surface area contributed by atoms with Gasteiger partial charge in [-0.2, -0.15) is 5.26 Å². The number of carboxylic acids is 1. The Morgan fingerprint density at radius 2 is 1.94 bits per heavy atom. The van der Waals surface area contributed by atoms with Gasteiger partial charge in [-0.15, -0.1) is 11.3 Å². The van der Waals surface area contributed by atoms with E-state index in [4.69, 9.17) is 10.4 Å². The van der Waals surface area contributed by atoms with Crippen molar-refractivity contribution in [1.82, 2.24) is 0 Å². The van der Waals surface area contributed by atoms with E-state index in [1.165, 1.54) is 11.3 Å². The molecule has 0 fully saturated rings. The van der Waals surface area contributed by atoms with Crippen LogP contribution < -0.4 is 0 Å². The predicted octanol–water partition coefficient (Wildman–Crippen LogP) is 2.91. The first-order valence-electron chi connectivity index (χ1n) is 5.00. The van der Waals surface area contributed by atoms with Gasteiger partial charge in [0.15, 0.2) is 0 Å².